The predicted octanol–water partition coefficient (Wildman–Crippen LogP) is 2.31. The normalized spacial score (nSPS) is 14.4. The molecule has 1 aliphatic rings. The van der Waals surface area contributed by atoms with Gasteiger partial charge in [0.05, 0.1) is 6.61 Å². The lowest BCUT2D eigenvalue weighted by Gasteiger charge is -2.35. The summed E-state index contributed by atoms with van der Waals surface area (Å²) in [6.45, 7) is 3.45. The zero-order valence-electron chi connectivity index (χ0n) is 13.6. The molecule has 2 amide bonds. The van der Waals surface area contributed by atoms with Crippen LogP contribution in [-0.4, -0.2) is 65.4 Å². The van der Waals surface area contributed by atoms with E-state index in [2.05, 4.69) is 4.74 Å². The molecule has 25 heavy (non-hydrogen) atoms. The fourth-order valence-electron chi connectivity index (χ4n) is 2.36. The second-order valence-corrected chi connectivity index (χ2v) is 6.32. The zero-order valence-corrected chi connectivity index (χ0v) is 15.1. The Bertz CT molecular complexity index is 628. The molecular weight excluding hydrogens is 371 g/mol. The van der Waals surface area contributed by atoms with E-state index in [0.29, 0.717) is 37.5 Å². The highest BCUT2D eigenvalue weighted by molar-refractivity contribution is 6.53. The highest BCUT2D eigenvalue weighted by Gasteiger charge is 2.27. The van der Waals surface area contributed by atoms with Gasteiger partial charge in [-0.2, -0.15) is 0 Å². The van der Waals surface area contributed by atoms with Gasteiger partial charge in [-0.1, -0.05) is 23.2 Å². The number of rotatable bonds is 4. The summed E-state index contributed by atoms with van der Waals surface area (Å²) >= 11 is 11.2. The molecule has 0 unspecified atom stereocenters. The molecule has 1 saturated heterocycles. The van der Waals surface area contributed by atoms with Crippen molar-refractivity contribution in [2.45, 2.75) is 11.8 Å². The van der Waals surface area contributed by atoms with Gasteiger partial charge in [-0.05, 0) is 31.2 Å². The average Bonchev–Trinajstić information content (AvgIpc) is 2.61. The van der Waals surface area contributed by atoms with E-state index >= 15 is 0 Å². The van der Waals surface area contributed by atoms with Gasteiger partial charge >= 0.3 is 6.16 Å². The monoisotopic (exact) mass is 388 g/mol. The maximum atomic E-state index is 12.5. The molecule has 0 atom stereocenters. The quantitative estimate of drug-likeness (QED) is 0.449. The minimum absolute atomic E-state index is 0.164. The third kappa shape index (κ3) is 5.24. The summed E-state index contributed by atoms with van der Waals surface area (Å²) in [5, 5.41) is 0. The van der Waals surface area contributed by atoms with Gasteiger partial charge in [0.25, 0.3) is 11.8 Å². The third-order valence-corrected chi connectivity index (χ3v) is 4.00. The van der Waals surface area contributed by atoms with E-state index in [0.717, 1.165) is 0 Å². The molecule has 1 aliphatic heterocycles. The predicted molar refractivity (Wildman–Crippen MR) is 92.1 cm³/mol. The fourth-order valence-corrected chi connectivity index (χ4v) is 2.64. The topological polar surface area (TPSA) is 76.2 Å². The molecule has 9 heteroatoms. The summed E-state index contributed by atoms with van der Waals surface area (Å²) in [4.78, 5) is 37.5. The van der Waals surface area contributed by atoms with Crippen molar-refractivity contribution in [3.8, 4) is 5.75 Å². The third-order valence-electron chi connectivity index (χ3n) is 3.63. The van der Waals surface area contributed by atoms with Gasteiger partial charge in [-0.25, -0.2) is 4.79 Å². The van der Waals surface area contributed by atoms with E-state index in [9.17, 15) is 14.4 Å². The number of hydrogen-bond acceptors (Lipinski definition) is 5. The van der Waals surface area contributed by atoms with Gasteiger partial charge in [-0.3, -0.25) is 9.59 Å². The Balaban J connectivity index is 1.91. The smallest absolute Gasteiger partial charge is 0.434 e. The number of ether oxygens (including phenoxy) is 2. The van der Waals surface area contributed by atoms with Gasteiger partial charge in [-0.15, -0.1) is 0 Å². The van der Waals surface area contributed by atoms with E-state index in [-0.39, 0.29) is 18.4 Å². The molecule has 2 rings (SSSR count). The van der Waals surface area contributed by atoms with Crippen molar-refractivity contribution in [1.82, 2.24) is 9.80 Å². The molecule has 1 aromatic carbocycles. The summed E-state index contributed by atoms with van der Waals surface area (Å²) in [5.41, 5.74) is 0.462. The minimum Gasteiger partial charge on any atom is -0.434 e. The maximum Gasteiger partial charge on any atom is 0.513 e. The Hall–Kier alpha value is -1.99. The molecule has 1 heterocycles. The number of amides is 2. The minimum atomic E-state index is -1.09. The van der Waals surface area contributed by atoms with Crippen LogP contribution in [0.15, 0.2) is 24.3 Å². The first-order valence-corrected chi connectivity index (χ1v) is 8.60. The van der Waals surface area contributed by atoms with Crippen molar-refractivity contribution in [2.24, 2.45) is 0 Å². The second-order valence-electron chi connectivity index (χ2n) is 5.23. The number of carbonyl (C=O) groups excluding carboxylic acids is 3. The SMILES string of the molecule is CCOC(=O)Oc1ccc(C(=O)N2CCN(C(=O)C(Cl)Cl)CC2)cc1. The zero-order chi connectivity index (χ0) is 18.4. The first-order valence-electron chi connectivity index (χ1n) is 7.73. The van der Waals surface area contributed by atoms with E-state index in [1.54, 1.807) is 24.0 Å². The van der Waals surface area contributed by atoms with Crippen molar-refractivity contribution >= 4 is 41.2 Å². The van der Waals surface area contributed by atoms with Crippen molar-refractivity contribution in [1.29, 1.82) is 0 Å². The van der Waals surface area contributed by atoms with E-state index in [1.807, 2.05) is 0 Å². The van der Waals surface area contributed by atoms with Crippen LogP contribution in [0, 0.1) is 0 Å². The molecule has 0 spiro atoms. The number of alkyl halides is 2. The Morgan fingerprint density at radius 1 is 1.04 bits per heavy atom. The van der Waals surface area contributed by atoms with Gasteiger partial charge < -0.3 is 19.3 Å². The van der Waals surface area contributed by atoms with E-state index in [4.69, 9.17) is 27.9 Å². The van der Waals surface area contributed by atoms with Crippen LogP contribution < -0.4 is 4.74 Å². The summed E-state index contributed by atoms with van der Waals surface area (Å²) < 4.78 is 9.62. The van der Waals surface area contributed by atoms with Crippen LogP contribution in [0.25, 0.3) is 0 Å². The lowest BCUT2D eigenvalue weighted by Crippen LogP contribution is -2.51. The number of piperazine rings is 1. The Labute approximate surface area is 155 Å². The molecule has 1 aromatic rings. The molecular formula is C16H18Cl2N2O5. The summed E-state index contributed by atoms with van der Waals surface area (Å²) in [5.74, 6) is -0.223. The van der Waals surface area contributed by atoms with Gasteiger partial charge in [0.2, 0.25) is 0 Å². The van der Waals surface area contributed by atoms with Crippen LogP contribution in [0.3, 0.4) is 0 Å². The molecule has 0 N–H and O–H groups in total. The maximum absolute atomic E-state index is 12.5. The van der Waals surface area contributed by atoms with E-state index < -0.39 is 11.0 Å². The summed E-state index contributed by atoms with van der Waals surface area (Å²) in [7, 11) is 0. The van der Waals surface area contributed by atoms with Crippen molar-refractivity contribution < 1.29 is 23.9 Å². The van der Waals surface area contributed by atoms with Crippen LogP contribution >= 0.6 is 23.2 Å². The highest BCUT2D eigenvalue weighted by Crippen LogP contribution is 2.16. The number of carbonyl (C=O) groups is 3. The first-order chi connectivity index (χ1) is 11.9. The standard InChI is InChI=1S/C16H18Cl2N2O5/c1-2-24-16(23)25-12-5-3-11(4-6-12)14(21)19-7-9-20(10-8-19)15(22)13(17)18/h3-6,13H,2,7-10H2,1H3. The Morgan fingerprint density at radius 2 is 1.60 bits per heavy atom. The first kappa shape index (κ1) is 19.3. The number of benzene rings is 1. The number of hydrogen-bond donors (Lipinski definition) is 0. The fraction of sp³-hybridized carbons (Fsp3) is 0.438. The van der Waals surface area contributed by atoms with Crippen LogP contribution in [0.2, 0.25) is 0 Å². The lowest BCUT2D eigenvalue weighted by molar-refractivity contribution is -0.130. The van der Waals surface area contributed by atoms with Crippen LogP contribution in [-0.2, 0) is 9.53 Å². The van der Waals surface area contributed by atoms with Crippen molar-refractivity contribution in [3.05, 3.63) is 29.8 Å². The molecule has 0 saturated carbocycles. The average molecular weight is 389 g/mol. The Kier molecular flexibility index (Phi) is 6.90. The lowest BCUT2D eigenvalue weighted by atomic mass is 10.1. The second kappa shape index (κ2) is 8.92. The summed E-state index contributed by atoms with van der Waals surface area (Å²) in [6.07, 6.45) is -0.792. The number of halogens is 2. The van der Waals surface area contributed by atoms with Crippen molar-refractivity contribution in [2.75, 3.05) is 32.8 Å². The number of nitrogens with zero attached hydrogens (tertiary/aromatic N) is 2. The Morgan fingerprint density at radius 3 is 2.12 bits per heavy atom. The summed E-state index contributed by atoms with van der Waals surface area (Å²) in [6, 6.07) is 6.19. The highest BCUT2D eigenvalue weighted by atomic mass is 35.5. The molecule has 0 bridgehead atoms. The van der Waals surface area contributed by atoms with Crippen LogP contribution in [0.1, 0.15) is 17.3 Å². The largest absolute Gasteiger partial charge is 0.513 e. The van der Waals surface area contributed by atoms with Gasteiger partial charge in [0, 0.05) is 31.7 Å². The molecule has 0 radical (unpaired) electrons. The molecule has 0 aromatic heterocycles. The van der Waals surface area contributed by atoms with Crippen LogP contribution in [0.5, 0.6) is 5.75 Å². The molecule has 1 fully saturated rings. The molecule has 7 nitrogen and oxygen atoms in total. The van der Waals surface area contributed by atoms with E-state index in [1.165, 1.54) is 17.0 Å². The van der Waals surface area contributed by atoms with Crippen molar-refractivity contribution in [3.63, 3.8) is 0 Å². The van der Waals surface area contributed by atoms with Gasteiger partial charge in [0.15, 0.2) is 4.84 Å². The van der Waals surface area contributed by atoms with Gasteiger partial charge in [0.1, 0.15) is 5.75 Å². The van der Waals surface area contributed by atoms with Crippen LogP contribution in [0.4, 0.5) is 4.79 Å². The molecule has 136 valence electrons. The molecule has 0 aliphatic carbocycles.